The van der Waals surface area contributed by atoms with E-state index in [9.17, 15) is 0 Å². The molecule has 33 valence electrons. The molecule has 0 spiro atoms. The quantitative estimate of drug-likeness (QED) is 0.443. The highest BCUT2D eigenvalue weighted by molar-refractivity contribution is 7.97. The molecule has 1 aliphatic heterocycles. The summed E-state index contributed by atoms with van der Waals surface area (Å²) in [6.07, 6.45) is 3.57. The first kappa shape index (κ1) is 3.87. The van der Waals surface area contributed by atoms with Gasteiger partial charge in [0.05, 0.1) is 12.1 Å². The van der Waals surface area contributed by atoms with Crippen LogP contribution in [0.15, 0.2) is 12.4 Å². The summed E-state index contributed by atoms with van der Waals surface area (Å²) < 4.78 is 3.85. The molecule has 2 nitrogen and oxygen atoms in total. The average Bonchev–Trinajstić information content (AvgIpc) is 1.72. The van der Waals surface area contributed by atoms with Crippen LogP contribution in [0.3, 0.4) is 0 Å². The number of rotatable bonds is 0. The van der Waals surface area contributed by atoms with Gasteiger partial charge in [-0.25, -0.2) is 4.72 Å². The van der Waals surface area contributed by atoms with Crippen molar-refractivity contribution in [2.24, 2.45) is 0 Å². The summed E-state index contributed by atoms with van der Waals surface area (Å²) in [5, 5.41) is 2.97. The van der Waals surface area contributed by atoms with Crippen LogP contribution < -0.4 is 10.0 Å². The minimum atomic E-state index is 0.913. The summed E-state index contributed by atoms with van der Waals surface area (Å²) in [5.74, 6) is 0.913. The van der Waals surface area contributed by atoms with Gasteiger partial charge in [0.25, 0.3) is 0 Å². The molecule has 0 bridgehead atoms. The lowest BCUT2D eigenvalue weighted by molar-refractivity contribution is 1.02. The Morgan fingerprint density at radius 3 is 3.00 bits per heavy atom. The summed E-state index contributed by atoms with van der Waals surface area (Å²) in [5.41, 5.74) is 0. The fourth-order valence-electron chi connectivity index (χ4n) is 0.249. The summed E-state index contributed by atoms with van der Waals surface area (Å²) >= 11 is 1.52. The van der Waals surface area contributed by atoms with Crippen LogP contribution in [0.4, 0.5) is 0 Å². The first-order chi connectivity index (χ1) is 3.00. The minimum Gasteiger partial charge on any atom is -0.379 e. The second kappa shape index (κ2) is 1.97. The molecule has 0 aromatic rings. The summed E-state index contributed by atoms with van der Waals surface area (Å²) in [6.45, 7) is 0. The van der Waals surface area contributed by atoms with Crippen LogP contribution >= 0.6 is 11.9 Å². The van der Waals surface area contributed by atoms with E-state index in [2.05, 4.69) is 10.0 Å². The van der Waals surface area contributed by atoms with Gasteiger partial charge in [-0.1, -0.05) is 0 Å². The lowest BCUT2D eigenvalue weighted by Gasteiger charge is -2.01. The molecule has 1 radical (unpaired) electrons. The smallest absolute Gasteiger partial charge is 0.0824 e. The molecule has 0 aromatic carbocycles. The highest BCUT2D eigenvalue weighted by Gasteiger charge is 1.85. The highest BCUT2D eigenvalue weighted by atomic mass is 32.2. The monoisotopic (exact) mass is 101 g/mol. The van der Waals surface area contributed by atoms with Gasteiger partial charge in [-0.2, -0.15) is 0 Å². The molecule has 0 aromatic heterocycles. The molecule has 0 atom stereocenters. The Morgan fingerprint density at radius 1 is 1.83 bits per heavy atom. The van der Waals surface area contributed by atoms with E-state index in [1.54, 1.807) is 6.20 Å². The van der Waals surface area contributed by atoms with Gasteiger partial charge >= 0.3 is 0 Å². The van der Waals surface area contributed by atoms with Crippen molar-refractivity contribution in [3.05, 3.63) is 12.4 Å². The number of nitrogens with one attached hydrogen (secondary N) is 1. The normalized spacial score (nSPS) is 18.7. The van der Waals surface area contributed by atoms with Crippen molar-refractivity contribution in [3.8, 4) is 0 Å². The Balaban J connectivity index is 2.26. The molecule has 0 aliphatic carbocycles. The van der Waals surface area contributed by atoms with Gasteiger partial charge < -0.3 is 5.32 Å². The van der Waals surface area contributed by atoms with Crippen LogP contribution in [0.25, 0.3) is 0 Å². The SMILES string of the molecule is C1=CNCS[N]1. The Labute approximate surface area is 41.1 Å². The zero-order valence-corrected chi connectivity index (χ0v) is 4.03. The Kier molecular flexibility index (Phi) is 1.27. The molecule has 1 heterocycles. The van der Waals surface area contributed by atoms with Crippen LogP contribution in [0.1, 0.15) is 0 Å². The van der Waals surface area contributed by atoms with Crippen molar-refractivity contribution in [2.75, 3.05) is 5.88 Å². The van der Waals surface area contributed by atoms with Crippen LogP contribution in [0.2, 0.25) is 0 Å². The topological polar surface area (TPSA) is 26.1 Å². The number of nitrogens with zero attached hydrogens (tertiary/aromatic N) is 1. The Morgan fingerprint density at radius 2 is 2.83 bits per heavy atom. The van der Waals surface area contributed by atoms with E-state index in [0.29, 0.717) is 0 Å². The van der Waals surface area contributed by atoms with E-state index >= 15 is 0 Å². The van der Waals surface area contributed by atoms with E-state index < -0.39 is 0 Å². The Bertz CT molecular complexity index is 53.8. The fourth-order valence-corrected chi connectivity index (χ4v) is 0.641. The van der Waals surface area contributed by atoms with Crippen molar-refractivity contribution in [2.45, 2.75) is 0 Å². The van der Waals surface area contributed by atoms with Crippen LogP contribution in [-0.2, 0) is 0 Å². The van der Waals surface area contributed by atoms with Gasteiger partial charge in [0.2, 0.25) is 0 Å². The van der Waals surface area contributed by atoms with E-state index in [-0.39, 0.29) is 0 Å². The van der Waals surface area contributed by atoms with Gasteiger partial charge in [-0.05, 0) is 11.9 Å². The van der Waals surface area contributed by atoms with Crippen molar-refractivity contribution in [3.63, 3.8) is 0 Å². The molecule has 0 fully saturated rings. The molecule has 0 saturated carbocycles. The lowest BCUT2D eigenvalue weighted by Crippen LogP contribution is -2.09. The summed E-state index contributed by atoms with van der Waals surface area (Å²) in [6, 6.07) is 0. The van der Waals surface area contributed by atoms with Gasteiger partial charge in [0, 0.05) is 6.20 Å². The predicted molar refractivity (Wildman–Crippen MR) is 26.9 cm³/mol. The van der Waals surface area contributed by atoms with E-state index in [0.717, 1.165) is 5.88 Å². The molecular formula is C3H5N2S. The van der Waals surface area contributed by atoms with Gasteiger partial charge in [-0.15, -0.1) is 0 Å². The summed E-state index contributed by atoms with van der Waals surface area (Å²) in [4.78, 5) is 0. The van der Waals surface area contributed by atoms with E-state index in [4.69, 9.17) is 0 Å². The molecular weight excluding hydrogens is 96.1 g/mol. The molecule has 0 saturated heterocycles. The minimum absolute atomic E-state index is 0.913. The number of hydrogen-bond donors (Lipinski definition) is 1. The number of hydrogen-bond acceptors (Lipinski definition) is 2. The molecule has 6 heavy (non-hydrogen) atoms. The second-order valence-corrected chi connectivity index (χ2v) is 1.66. The van der Waals surface area contributed by atoms with Gasteiger partial charge in [-0.3, -0.25) is 0 Å². The van der Waals surface area contributed by atoms with Crippen molar-refractivity contribution < 1.29 is 0 Å². The third-order valence-corrected chi connectivity index (χ3v) is 1.04. The highest BCUT2D eigenvalue weighted by Crippen LogP contribution is 1.94. The van der Waals surface area contributed by atoms with E-state index in [1.807, 2.05) is 6.20 Å². The van der Waals surface area contributed by atoms with Gasteiger partial charge in [0.15, 0.2) is 0 Å². The Hall–Kier alpha value is -0.310. The molecule has 1 N–H and O–H groups in total. The van der Waals surface area contributed by atoms with Crippen LogP contribution in [-0.4, -0.2) is 5.88 Å². The van der Waals surface area contributed by atoms with Gasteiger partial charge in [0.1, 0.15) is 0 Å². The van der Waals surface area contributed by atoms with Crippen molar-refractivity contribution >= 4 is 11.9 Å². The molecule has 3 heteroatoms. The fraction of sp³-hybridized carbons (Fsp3) is 0.333. The third kappa shape index (κ3) is 0.825. The molecule has 0 amide bonds. The predicted octanol–water partition coefficient (Wildman–Crippen LogP) is 0.271. The maximum atomic E-state index is 3.85. The van der Waals surface area contributed by atoms with E-state index in [1.165, 1.54) is 11.9 Å². The first-order valence-electron chi connectivity index (χ1n) is 1.71. The maximum absolute atomic E-state index is 3.85. The van der Waals surface area contributed by atoms with Crippen molar-refractivity contribution in [1.29, 1.82) is 0 Å². The second-order valence-electron chi connectivity index (χ2n) is 0.899. The molecule has 0 unspecified atom stereocenters. The largest absolute Gasteiger partial charge is 0.379 e. The summed E-state index contributed by atoms with van der Waals surface area (Å²) in [7, 11) is 0. The van der Waals surface area contributed by atoms with Crippen LogP contribution in [0.5, 0.6) is 0 Å². The van der Waals surface area contributed by atoms with Crippen LogP contribution in [0, 0.1) is 0 Å². The molecule has 1 aliphatic rings. The molecule has 1 rings (SSSR count). The standard InChI is InChI=1S/C3H5N2S/c1-2-5-6-3-4-1/h1-2,4H,3H2. The zero-order chi connectivity index (χ0) is 4.24. The maximum Gasteiger partial charge on any atom is 0.0824 e. The zero-order valence-electron chi connectivity index (χ0n) is 3.22. The van der Waals surface area contributed by atoms with Crippen molar-refractivity contribution in [1.82, 2.24) is 10.0 Å². The first-order valence-corrected chi connectivity index (χ1v) is 2.65. The third-order valence-electron chi connectivity index (χ3n) is 0.476. The average molecular weight is 101 g/mol. The lowest BCUT2D eigenvalue weighted by atomic mass is 10.9.